The summed E-state index contributed by atoms with van der Waals surface area (Å²) in [6, 6.07) is 9.06. The zero-order valence-corrected chi connectivity index (χ0v) is 30.7. The highest BCUT2D eigenvalue weighted by atomic mass is 28.4. The van der Waals surface area contributed by atoms with Crippen LogP contribution in [-0.4, -0.2) is 19.3 Å². The second-order valence-corrected chi connectivity index (χ2v) is 22.1. The highest BCUT2D eigenvalue weighted by Crippen LogP contribution is 2.62. The number of carbonyl (C=O) groups excluding carboxylic acids is 1. The Morgan fingerprint density at radius 1 is 1.00 bits per heavy atom. The van der Waals surface area contributed by atoms with Crippen LogP contribution in [0.1, 0.15) is 172 Å². The number of ether oxygens (including phenoxy) is 2. The number of esters is 1. The number of rotatable bonds is 5. The summed E-state index contributed by atoms with van der Waals surface area (Å²) in [5.74, 6) is -0.0943. The number of aromatic nitrogens is 1. The number of benzene rings is 1. The highest BCUT2D eigenvalue weighted by Gasteiger charge is 2.55. The van der Waals surface area contributed by atoms with Crippen LogP contribution >= 0.6 is 0 Å². The van der Waals surface area contributed by atoms with E-state index in [4.69, 9.17) is 18.9 Å². The lowest BCUT2D eigenvalue weighted by molar-refractivity contribution is -0.156. The summed E-state index contributed by atoms with van der Waals surface area (Å²) in [5.41, 5.74) is 7.47. The van der Waals surface area contributed by atoms with Gasteiger partial charge in [0.25, 0.3) is 0 Å². The Balaban J connectivity index is 1.82. The Hall–Kier alpha value is -2.02. The van der Waals surface area contributed by atoms with Gasteiger partial charge in [-0.15, -0.1) is 18.1 Å². The second-order valence-electron chi connectivity index (χ2n) is 17.4. The van der Waals surface area contributed by atoms with Crippen LogP contribution in [0.5, 0.6) is 0 Å². The first-order chi connectivity index (χ1) is 20.2. The van der Waals surface area contributed by atoms with E-state index in [-0.39, 0.29) is 40.0 Å². The van der Waals surface area contributed by atoms with Crippen LogP contribution in [-0.2, 0) is 29.7 Å². The van der Waals surface area contributed by atoms with Gasteiger partial charge >= 0.3 is 5.97 Å². The first-order valence-corrected chi connectivity index (χ1v) is 19.8. The maximum Gasteiger partial charge on any atom is 0.303 e. The number of hydrogen-bond acceptors (Lipinski definition) is 5. The average molecular weight is 620 g/mol. The van der Waals surface area contributed by atoms with Crippen LogP contribution in [0.3, 0.4) is 0 Å². The molecule has 2 heterocycles. The van der Waals surface area contributed by atoms with Crippen molar-refractivity contribution >= 4 is 14.3 Å². The Morgan fingerprint density at radius 2 is 1.59 bits per heavy atom. The van der Waals surface area contributed by atoms with E-state index in [2.05, 4.69) is 107 Å². The third-order valence-corrected chi connectivity index (χ3v) is 15.4. The molecule has 6 heteroatoms. The minimum absolute atomic E-state index is 0.0530. The van der Waals surface area contributed by atoms with Gasteiger partial charge in [-0.05, 0) is 55.6 Å². The first kappa shape index (κ1) is 33.3. The smallest absolute Gasteiger partial charge is 0.303 e. The number of fused-ring (bicyclic) bond motifs is 4. The quantitative estimate of drug-likeness (QED) is 0.246. The average Bonchev–Trinajstić information content (AvgIpc) is 3.49. The van der Waals surface area contributed by atoms with Gasteiger partial charge in [0.15, 0.2) is 0 Å². The predicted octanol–water partition coefficient (Wildman–Crippen LogP) is 10.5. The summed E-state index contributed by atoms with van der Waals surface area (Å²) in [6.45, 7) is 28.8. The number of pyridine rings is 1. The van der Waals surface area contributed by atoms with Crippen LogP contribution in [0, 0.1) is 5.41 Å². The summed E-state index contributed by atoms with van der Waals surface area (Å²) in [5, 5.41) is 0.0530. The summed E-state index contributed by atoms with van der Waals surface area (Å²) in [7, 11) is -2.18. The summed E-state index contributed by atoms with van der Waals surface area (Å²) >= 11 is 0. The molecule has 5 rings (SSSR count). The third kappa shape index (κ3) is 5.73. The van der Waals surface area contributed by atoms with Gasteiger partial charge in [-0.3, -0.25) is 9.78 Å². The van der Waals surface area contributed by atoms with E-state index in [1.165, 1.54) is 29.2 Å². The summed E-state index contributed by atoms with van der Waals surface area (Å²) < 4.78 is 20.9. The molecule has 0 saturated heterocycles. The monoisotopic (exact) mass is 619 g/mol. The fourth-order valence-corrected chi connectivity index (χ4v) is 8.76. The zero-order chi connectivity index (χ0) is 32.6. The van der Waals surface area contributed by atoms with Crippen molar-refractivity contribution in [2.45, 2.75) is 162 Å². The molecular formula is C38H57NO4Si-. The molecule has 5 nitrogen and oxygen atoms in total. The molecule has 2 aromatic rings. The van der Waals surface area contributed by atoms with E-state index in [9.17, 15) is 4.79 Å². The molecule has 3 aliphatic rings. The van der Waals surface area contributed by atoms with E-state index in [1.807, 2.05) is 0 Å². The Bertz CT molecular complexity index is 1400. The first-order valence-electron chi connectivity index (χ1n) is 16.9. The lowest BCUT2D eigenvalue weighted by Gasteiger charge is -2.54. The number of nitrogens with zero attached hydrogens (tertiary/aromatic N) is 1. The molecule has 0 radical (unpaired) electrons. The van der Waals surface area contributed by atoms with Crippen molar-refractivity contribution in [2.75, 3.05) is 0 Å². The summed E-state index contributed by atoms with van der Waals surface area (Å²) in [4.78, 5) is 18.1. The minimum Gasteiger partial charge on any atom is -0.559 e. The molecule has 243 valence electrons. The predicted molar refractivity (Wildman–Crippen MR) is 180 cm³/mol. The standard InChI is InChI=1S/C38H57NO4Si/c1-23(2)31-29-30(38(20-14-15-21-38)42-33(29)25-16-18-26(19-17-25)35(4,5)6)28-27(43-44(12,13)36(7,8)9)22-37(10,11)34(32(28)39-31)41-24(3)40/h16-19,23,27,33-34H,14-15,20-22H2,1-13H3/q-1/t27-,33+,34+/m0/s1. The molecule has 1 fully saturated rings. The zero-order valence-electron chi connectivity index (χ0n) is 29.7. The van der Waals surface area contributed by atoms with E-state index in [0.29, 0.717) is 0 Å². The molecule has 0 amide bonds. The molecule has 3 atom stereocenters. The van der Waals surface area contributed by atoms with Gasteiger partial charge in [-0.25, -0.2) is 0 Å². The number of carbonyl (C=O) groups is 1. The maximum atomic E-state index is 12.6. The lowest BCUT2D eigenvalue weighted by Crippen LogP contribution is -2.45. The van der Waals surface area contributed by atoms with Crippen molar-refractivity contribution in [2.24, 2.45) is 5.41 Å². The Labute approximate surface area is 268 Å². The van der Waals surface area contributed by atoms with Gasteiger partial charge < -0.3 is 13.9 Å². The third-order valence-electron chi connectivity index (χ3n) is 10.9. The molecule has 1 spiro atoms. The van der Waals surface area contributed by atoms with Crippen LogP contribution in [0.2, 0.25) is 18.1 Å². The minimum atomic E-state index is -2.18. The van der Waals surface area contributed by atoms with Crippen molar-refractivity contribution in [1.82, 2.24) is 4.98 Å². The molecule has 44 heavy (non-hydrogen) atoms. The second kappa shape index (κ2) is 11.1. The van der Waals surface area contributed by atoms with E-state index in [0.717, 1.165) is 49.1 Å². The van der Waals surface area contributed by atoms with Crippen molar-refractivity contribution in [3.8, 4) is 0 Å². The highest BCUT2D eigenvalue weighted by molar-refractivity contribution is 6.74. The van der Waals surface area contributed by atoms with Crippen molar-refractivity contribution in [1.29, 1.82) is 0 Å². The normalized spacial score (nSPS) is 24.5. The largest absolute Gasteiger partial charge is 0.559 e. The fraction of sp³-hybridized carbons (Fsp3) is 0.684. The van der Waals surface area contributed by atoms with E-state index >= 15 is 0 Å². The van der Waals surface area contributed by atoms with Crippen molar-refractivity contribution < 1.29 is 18.7 Å². The van der Waals surface area contributed by atoms with Crippen LogP contribution in [0.4, 0.5) is 0 Å². The molecule has 1 aromatic heterocycles. The molecular weight excluding hydrogens is 563 g/mol. The van der Waals surface area contributed by atoms with Gasteiger partial charge in [0.1, 0.15) is 12.2 Å². The van der Waals surface area contributed by atoms with Crippen LogP contribution < -0.4 is 0 Å². The summed E-state index contributed by atoms with van der Waals surface area (Å²) in [6.07, 6.45) is 4.23. The van der Waals surface area contributed by atoms with E-state index in [1.54, 1.807) is 0 Å². The number of hydrogen-bond donors (Lipinski definition) is 0. The van der Waals surface area contributed by atoms with Gasteiger partial charge in [0.05, 0.1) is 11.3 Å². The van der Waals surface area contributed by atoms with Crippen molar-refractivity contribution in [3.05, 3.63) is 63.5 Å². The molecule has 2 aliphatic carbocycles. The van der Waals surface area contributed by atoms with Gasteiger partial charge in [-0.2, -0.15) is 0 Å². The van der Waals surface area contributed by atoms with Gasteiger partial charge in [0.2, 0.25) is 0 Å². The topological polar surface area (TPSA) is 57.7 Å². The van der Waals surface area contributed by atoms with Gasteiger partial charge in [0, 0.05) is 35.3 Å². The maximum absolute atomic E-state index is 12.6. The molecule has 1 saturated carbocycles. The Morgan fingerprint density at radius 3 is 2.09 bits per heavy atom. The van der Waals surface area contributed by atoms with E-state index < -0.39 is 20.0 Å². The lowest BCUT2D eigenvalue weighted by atomic mass is 9.68. The molecule has 0 N–H and O–H groups in total. The molecule has 1 aromatic carbocycles. The molecule has 1 aliphatic heterocycles. The SMILES string of the molecule is CC(=O)O[C@@H]1c2nc(C(C)C)c3c(c2[C@@H](O[Si-](C)(C)C(C)(C)C)CC1(C)C)C1(CCCC1)O[C@@H]3c1ccc(C(C)(C)C)cc1. The van der Waals surface area contributed by atoms with Gasteiger partial charge in [-0.1, -0.05) is 106 Å². The van der Waals surface area contributed by atoms with Crippen LogP contribution in [0.15, 0.2) is 24.3 Å². The van der Waals surface area contributed by atoms with Crippen molar-refractivity contribution in [3.63, 3.8) is 0 Å². The Kier molecular flexibility index (Phi) is 8.38. The molecule has 0 unspecified atom stereocenters. The molecule has 0 bridgehead atoms. The fourth-order valence-electron chi connectivity index (χ4n) is 7.49. The van der Waals surface area contributed by atoms with Crippen LogP contribution in [0.25, 0.3) is 0 Å².